The number of carbonyl (C=O) groups is 1. The summed E-state index contributed by atoms with van der Waals surface area (Å²) in [6.07, 6.45) is 0. The molecule has 4 rings (SSSR count). The number of hydrogen-bond donors (Lipinski definition) is 0. The van der Waals surface area contributed by atoms with E-state index in [1.807, 2.05) is 25.1 Å². The Balaban J connectivity index is 1.63. The normalized spacial score (nSPS) is 15.8. The van der Waals surface area contributed by atoms with Crippen LogP contribution in [0.15, 0.2) is 60.7 Å². The number of hydrogen-bond acceptors (Lipinski definition) is 4. The summed E-state index contributed by atoms with van der Waals surface area (Å²) in [6, 6.07) is 16.9. The monoisotopic (exact) mass is 491 g/mol. The van der Waals surface area contributed by atoms with Gasteiger partial charge in [-0.05, 0) is 66.6 Å². The molecule has 1 aliphatic heterocycles. The van der Waals surface area contributed by atoms with Gasteiger partial charge in [0.05, 0.1) is 17.4 Å². The molecular weight excluding hydrogens is 472 g/mol. The van der Waals surface area contributed by atoms with Crippen LogP contribution in [0.25, 0.3) is 0 Å². The van der Waals surface area contributed by atoms with Crippen LogP contribution in [0.5, 0.6) is 11.5 Å². The van der Waals surface area contributed by atoms with Gasteiger partial charge in [-0.25, -0.2) is 4.39 Å². The summed E-state index contributed by atoms with van der Waals surface area (Å²) in [5.41, 5.74) is 2.40. The molecule has 8 heteroatoms. The van der Waals surface area contributed by atoms with E-state index in [2.05, 4.69) is 0 Å². The minimum Gasteiger partial charge on any atom is -0.490 e. The SMILES string of the molecule is CCOc1cc([C@@H]2SCC(=O)N2c2ccc(Cl)cc2)cc(Cl)c1OCc1ccc(F)cc1. The van der Waals surface area contributed by atoms with Crippen molar-refractivity contribution < 1.29 is 18.7 Å². The summed E-state index contributed by atoms with van der Waals surface area (Å²) in [6.45, 7) is 2.51. The van der Waals surface area contributed by atoms with Crippen LogP contribution in [0.4, 0.5) is 10.1 Å². The van der Waals surface area contributed by atoms with Crippen molar-refractivity contribution in [2.45, 2.75) is 18.9 Å². The molecule has 0 aromatic heterocycles. The average molecular weight is 492 g/mol. The molecule has 166 valence electrons. The molecule has 0 saturated carbocycles. The topological polar surface area (TPSA) is 38.8 Å². The van der Waals surface area contributed by atoms with E-state index < -0.39 is 0 Å². The molecule has 0 N–H and O–H groups in total. The second-order valence-corrected chi connectivity index (χ2v) is 8.99. The Morgan fingerprint density at radius 2 is 1.78 bits per heavy atom. The zero-order valence-electron chi connectivity index (χ0n) is 17.2. The van der Waals surface area contributed by atoms with Crippen molar-refractivity contribution in [1.82, 2.24) is 0 Å². The summed E-state index contributed by atoms with van der Waals surface area (Å²) in [7, 11) is 0. The first-order valence-electron chi connectivity index (χ1n) is 9.99. The first kappa shape index (κ1) is 22.8. The van der Waals surface area contributed by atoms with Gasteiger partial charge < -0.3 is 9.47 Å². The van der Waals surface area contributed by atoms with Gasteiger partial charge in [-0.1, -0.05) is 35.3 Å². The van der Waals surface area contributed by atoms with Crippen LogP contribution in [-0.4, -0.2) is 18.3 Å². The van der Waals surface area contributed by atoms with Crippen molar-refractivity contribution in [2.75, 3.05) is 17.3 Å². The zero-order chi connectivity index (χ0) is 22.7. The van der Waals surface area contributed by atoms with Gasteiger partial charge in [-0.3, -0.25) is 9.69 Å². The lowest BCUT2D eigenvalue weighted by atomic mass is 10.1. The lowest BCUT2D eigenvalue weighted by molar-refractivity contribution is -0.115. The molecule has 0 spiro atoms. The van der Waals surface area contributed by atoms with Crippen LogP contribution in [0, 0.1) is 5.82 Å². The molecule has 1 amide bonds. The van der Waals surface area contributed by atoms with Gasteiger partial charge in [-0.15, -0.1) is 11.8 Å². The van der Waals surface area contributed by atoms with Gasteiger partial charge in [0.2, 0.25) is 5.91 Å². The number of halogens is 3. The van der Waals surface area contributed by atoms with Crippen LogP contribution in [0.1, 0.15) is 23.4 Å². The Kier molecular flexibility index (Phi) is 7.13. The van der Waals surface area contributed by atoms with Crippen molar-refractivity contribution in [3.63, 3.8) is 0 Å². The van der Waals surface area contributed by atoms with Gasteiger partial charge in [0.15, 0.2) is 11.5 Å². The highest BCUT2D eigenvalue weighted by Gasteiger charge is 2.35. The fraction of sp³-hybridized carbons (Fsp3) is 0.208. The summed E-state index contributed by atoms with van der Waals surface area (Å²) < 4.78 is 24.9. The van der Waals surface area contributed by atoms with E-state index in [0.717, 1.165) is 16.8 Å². The van der Waals surface area contributed by atoms with Crippen LogP contribution in [0.3, 0.4) is 0 Å². The molecule has 3 aromatic rings. The van der Waals surface area contributed by atoms with E-state index in [0.29, 0.717) is 33.9 Å². The first-order valence-corrected chi connectivity index (χ1v) is 11.8. The van der Waals surface area contributed by atoms with Gasteiger partial charge in [0, 0.05) is 10.7 Å². The molecule has 3 aromatic carbocycles. The Labute approximate surface area is 200 Å². The summed E-state index contributed by atoms with van der Waals surface area (Å²) >= 11 is 14.1. The van der Waals surface area contributed by atoms with Crippen LogP contribution >= 0.6 is 35.0 Å². The Bertz CT molecular complexity index is 1110. The number of amides is 1. The van der Waals surface area contributed by atoms with E-state index in [4.69, 9.17) is 32.7 Å². The molecule has 0 aliphatic carbocycles. The third-order valence-electron chi connectivity index (χ3n) is 4.89. The number of carbonyl (C=O) groups excluding carboxylic acids is 1. The van der Waals surface area contributed by atoms with Crippen molar-refractivity contribution in [3.8, 4) is 11.5 Å². The Hall–Kier alpha value is -2.41. The molecule has 1 aliphatic rings. The third kappa shape index (κ3) is 4.98. The zero-order valence-corrected chi connectivity index (χ0v) is 19.5. The number of thioether (sulfide) groups is 1. The largest absolute Gasteiger partial charge is 0.490 e. The Morgan fingerprint density at radius 1 is 1.06 bits per heavy atom. The quantitative estimate of drug-likeness (QED) is 0.360. The fourth-order valence-corrected chi connectivity index (χ4v) is 4.98. The van der Waals surface area contributed by atoms with E-state index in [1.54, 1.807) is 35.2 Å². The van der Waals surface area contributed by atoms with Crippen LogP contribution in [0.2, 0.25) is 10.0 Å². The molecule has 0 bridgehead atoms. The minimum absolute atomic E-state index is 0.00745. The van der Waals surface area contributed by atoms with Crippen LogP contribution < -0.4 is 14.4 Å². The standard InChI is InChI=1S/C24H20Cl2FNO3S/c1-2-30-21-12-16(11-20(26)23(21)31-13-15-3-7-18(27)8-4-15)24-28(22(29)14-32-24)19-9-5-17(25)6-10-19/h3-12,24H,2,13-14H2,1H3/t24-/m0/s1. The summed E-state index contributed by atoms with van der Waals surface area (Å²) in [5.74, 6) is 0.965. The molecule has 32 heavy (non-hydrogen) atoms. The number of nitrogens with zero attached hydrogens (tertiary/aromatic N) is 1. The minimum atomic E-state index is -0.306. The van der Waals surface area contributed by atoms with E-state index in [9.17, 15) is 9.18 Å². The molecule has 1 saturated heterocycles. The molecule has 1 fully saturated rings. The van der Waals surface area contributed by atoms with E-state index in [1.165, 1.54) is 23.9 Å². The van der Waals surface area contributed by atoms with Crippen LogP contribution in [-0.2, 0) is 11.4 Å². The maximum absolute atomic E-state index is 13.2. The number of benzene rings is 3. The van der Waals surface area contributed by atoms with E-state index in [-0.39, 0.29) is 23.7 Å². The second kappa shape index (κ2) is 10.0. The smallest absolute Gasteiger partial charge is 0.238 e. The highest BCUT2D eigenvalue weighted by molar-refractivity contribution is 8.00. The molecule has 0 radical (unpaired) electrons. The molecular formula is C24H20Cl2FNO3S. The molecule has 1 atom stereocenters. The maximum atomic E-state index is 13.2. The number of ether oxygens (including phenoxy) is 2. The van der Waals surface area contributed by atoms with Gasteiger partial charge in [0.1, 0.15) is 17.8 Å². The van der Waals surface area contributed by atoms with Crippen molar-refractivity contribution in [1.29, 1.82) is 0 Å². The molecule has 0 unspecified atom stereocenters. The fourth-order valence-electron chi connectivity index (χ4n) is 3.42. The van der Waals surface area contributed by atoms with Crippen molar-refractivity contribution >= 4 is 46.6 Å². The summed E-state index contributed by atoms with van der Waals surface area (Å²) in [5, 5.41) is 0.726. The predicted molar refractivity (Wildman–Crippen MR) is 127 cm³/mol. The lowest BCUT2D eigenvalue weighted by Gasteiger charge is -2.25. The predicted octanol–water partition coefficient (Wildman–Crippen LogP) is 6.89. The number of rotatable bonds is 7. The second-order valence-electron chi connectivity index (χ2n) is 7.08. The maximum Gasteiger partial charge on any atom is 0.238 e. The first-order chi connectivity index (χ1) is 15.5. The van der Waals surface area contributed by atoms with Gasteiger partial charge >= 0.3 is 0 Å². The number of anilines is 1. The molecule has 4 nitrogen and oxygen atoms in total. The van der Waals surface area contributed by atoms with Gasteiger partial charge in [0.25, 0.3) is 0 Å². The lowest BCUT2D eigenvalue weighted by Crippen LogP contribution is -2.27. The third-order valence-corrected chi connectivity index (χ3v) is 6.63. The average Bonchev–Trinajstić information content (AvgIpc) is 3.16. The van der Waals surface area contributed by atoms with Crippen molar-refractivity contribution in [3.05, 3.63) is 87.7 Å². The summed E-state index contributed by atoms with van der Waals surface area (Å²) in [4.78, 5) is 14.4. The highest BCUT2D eigenvalue weighted by Crippen LogP contribution is 2.46. The van der Waals surface area contributed by atoms with Gasteiger partial charge in [-0.2, -0.15) is 0 Å². The van der Waals surface area contributed by atoms with Crippen molar-refractivity contribution in [2.24, 2.45) is 0 Å². The Morgan fingerprint density at radius 3 is 2.47 bits per heavy atom. The molecule has 1 heterocycles. The van der Waals surface area contributed by atoms with E-state index >= 15 is 0 Å². The highest BCUT2D eigenvalue weighted by atomic mass is 35.5.